The van der Waals surface area contributed by atoms with Crippen LogP contribution in [0.3, 0.4) is 0 Å². The minimum Gasteiger partial charge on any atom is -0.506 e. The SMILES string of the molecule is CC(C)CCC[C@@H](C)[C@H]1CC[C@H]2[C@@H]3CC[C@H]4C[C@@H](CCC=C(c5cc(Cl)c(O)c(C(=O)NCC(=O)OC(C)(C)C)c5)c5cc(Cl)c(O)c(C(=O)NCC(=O)OC(C)(C)C)c5)CC[C@]4(C)[C@H]3CC[C@]12C. The number of allylic oxidation sites excluding steroid dienone is 1. The van der Waals surface area contributed by atoms with Crippen molar-refractivity contribution in [3.63, 3.8) is 0 Å². The van der Waals surface area contributed by atoms with Crippen LogP contribution < -0.4 is 10.6 Å². The van der Waals surface area contributed by atoms with Gasteiger partial charge in [0.2, 0.25) is 0 Å². The molecular weight excluding hydrogens is 912 g/mol. The molecule has 2 amide bonds. The van der Waals surface area contributed by atoms with E-state index in [2.05, 4.69) is 45.3 Å². The summed E-state index contributed by atoms with van der Waals surface area (Å²) >= 11 is 13.3. The third kappa shape index (κ3) is 13.0. The van der Waals surface area contributed by atoms with Crippen molar-refractivity contribution in [1.29, 1.82) is 0 Å². The van der Waals surface area contributed by atoms with Crippen molar-refractivity contribution in [2.24, 2.45) is 58.2 Å². The van der Waals surface area contributed by atoms with Gasteiger partial charge >= 0.3 is 11.9 Å². The molecule has 69 heavy (non-hydrogen) atoms. The van der Waals surface area contributed by atoms with E-state index in [0.29, 0.717) is 45.8 Å². The largest absolute Gasteiger partial charge is 0.506 e. The smallest absolute Gasteiger partial charge is 0.325 e. The van der Waals surface area contributed by atoms with Crippen molar-refractivity contribution in [1.82, 2.24) is 10.6 Å². The minimum atomic E-state index is -0.761. The van der Waals surface area contributed by atoms with E-state index in [9.17, 15) is 29.4 Å². The van der Waals surface area contributed by atoms with E-state index < -0.39 is 59.5 Å². The van der Waals surface area contributed by atoms with Crippen LogP contribution in [0.4, 0.5) is 0 Å². The molecule has 4 N–H and O–H groups in total. The summed E-state index contributed by atoms with van der Waals surface area (Å²) in [6, 6.07) is 6.05. The molecule has 0 radical (unpaired) electrons. The number of amides is 2. The van der Waals surface area contributed by atoms with Crippen molar-refractivity contribution in [2.45, 2.75) is 177 Å². The number of esters is 2. The molecule has 0 unspecified atom stereocenters. The van der Waals surface area contributed by atoms with Crippen LogP contribution >= 0.6 is 23.2 Å². The van der Waals surface area contributed by atoms with Gasteiger partial charge in [-0.3, -0.25) is 19.2 Å². The number of fused-ring (bicyclic) bond motifs is 5. The van der Waals surface area contributed by atoms with Gasteiger partial charge in [-0.2, -0.15) is 0 Å². The van der Waals surface area contributed by atoms with Gasteiger partial charge in [0.05, 0.1) is 21.2 Å². The molecular formula is C57H82Cl2N2O8. The van der Waals surface area contributed by atoms with E-state index in [1.54, 1.807) is 41.5 Å². The first-order valence-electron chi connectivity index (χ1n) is 26.0. The topological polar surface area (TPSA) is 151 Å². The second-order valence-corrected chi connectivity index (χ2v) is 25.1. The Hall–Kier alpha value is -3.76. The number of rotatable bonds is 16. The quantitative estimate of drug-likeness (QED) is 0.121. The van der Waals surface area contributed by atoms with Gasteiger partial charge in [0.1, 0.15) is 35.8 Å². The van der Waals surface area contributed by atoms with Crippen LogP contribution in [-0.4, -0.2) is 58.3 Å². The Kier molecular flexibility index (Phi) is 17.3. The fraction of sp³-hybridized carbons (Fsp3) is 0.684. The van der Waals surface area contributed by atoms with E-state index in [1.165, 1.54) is 94.9 Å². The molecule has 4 saturated carbocycles. The Bertz CT molecular complexity index is 2140. The summed E-state index contributed by atoms with van der Waals surface area (Å²) in [5.41, 5.74) is 0.434. The third-order valence-corrected chi connectivity index (χ3v) is 17.3. The molecule has 0 heterocycles. The number of nitrogens with one attached hydrogen (secondary N) is 2. The number of carbonyl (C=O) groups excluding carboxylic acids is 4. The Morgan fingerprint density at radius 3 is 1.77 bits per heavy atom. The van der Waals surface area contributed by atoms with Gasteiger partial charge in [-0.1, -0.05) is 83.2 Å². The van der Waals surface area contributed by atoms with Crippen LogP contribution in [-0.2, 0) is 19.1 Å². The molecule has 4 aliphatic carbocycles. The summed E-state index contributed by atoms with van der Waals surface area (Å²) in [7, 11) is 0. The highest BCUT2D eigenvalue weighted by Crippen LogP contribution is 2.69. The number of benzene rings is 2. The summed E-state index contributed by atoms with van der Waals surface area (Å²) in [4.78, 5) is 52.1. The Labute approximate surface area is 422 Å². The maximum Gasteiger partial charge on any atom is 0.325 e. The van der Waals surface area contributed by atoms with Gasteiger partial charge in [-0.25, -0.2) is 0 Å². The average molecular weight is 994 g/mol. The summed E-state index contributed by atoms with van der Waals surface area (Å²) in [5.74, 6) is 2.42. The second kappa shape index (κ2) is 21.9. The molecule has 0 aliphatic heterocycles. The lowest BCUT2D eigenvalue weighted by Crippen LogP contribution is -2.53. The molecule has 6 rings (SSSR count). The van der Waals surface area contributed by atoms with Crippen molar-refractivity contribution < 1.29 is 38.9 Å². The van der Waals surface area contributed by atoms with Crippen molar-refractivity contribution in [3.05, 3.63) is 62.6 Å². The van der Waals surface area contributed by atoms with E-state index in [1.807, 2.05) is 6.08 Å². The van der Waals surface area contributed by atoms with Gasteiger partial charge in [-0.15, -0.1) is 0 Å². The molecule has 9 atom stereocenters. The van der Waals surface area contributed by atoms with Gasteiger partial charge < -0.3 is 30.3 Å². The summed E-state index contributed by atoms with van der Waals surface area (Å²) in [6.07, 6.45) is 19.5. The molecule has 0 saturated heterocycles. The maximum absolute atomic E-state index is 13.6. The predicted molar refractivity (Wildman–Crippen MR) is 275 cm³/mol. The summed E-state index contributed by atoms with van der Waals surface area (Å²) in [5, 5.41) is 27.0. The second-order valence-electron chi connectivity index (χ2n) is 24.3. The first kappa shape index (κ1) is 54.6. The Morgan fingerprint density at radius 1 is 0.725 bits per heavy atom. The number of hydrogen-bond donors (Lipinski definition) is 4. The van der Waals surface area contributed by atoms with Gasteiger partial charge in [0.25, 0.3) is 11.8 Å². The first-order valence-corrected chi connectivity index (χ1v) is 26.7. The highest BCUT2D eigenvalue weighted by Gasteiger charge is 2.60. The van der Waals surface area contributed by atoms with Crippen molar-refractivity contribution in [3.8, 4) is 11.5 Å². The Morgan fingerprint density at radius 2 is 1.25 bits per heavy atom. The first-order chi connectivity index (χ1) is 32.2. The van der Waals surface area contributed by atoms with Crippen LogP contribution in [0, 0.1) is 58.2 Å². The average Bonchev–Trinajstić information content (AvgIpc) is 3.61. The molecule has 2 aromatic rings. The van der Waals surface area contributed by atoms with E-state index in [-0.39, 0.29) is 21.2 Å². The van der Waals surface area contributed by atoms with Gasteiger partial charge in [-0.05, 0) is 211 Å². The zero-order valence-electron chi connectivity index (χ0n) is 43.4. The molecule has 0 spiro atoms. The van der Waals surface area contributed by atoms with Crippen molar-refractivity contribution in [2.75, 3.05) is 13.1 Å². The van der Waals surface area contributed by atoms with E-state index in [4.69, 9.17) is 32.7 Å². The highest BCUT2D eigenvalue weighted by atomic mass is 35.5. The molecule has 382 valence electrons. The fourth-order valence-electron chi connectivity index (χ4n) is 13.6. The molecule has 0 bridgehead atoms. The lowest BCUT2D eigenvalue weighted by Gasteiger charge is -2.61. The third-order valence-electron chi connectivity index (χ3n) is 16.8. The Balaban J connectivity index is 1.22. The van der Waals surface area contributed by atoms with Gasteiger partial charge in [0, 0.05) is 0 Å². The standard InChI is InChI=1S/C57H82Cl2N2O8/c1-33(2)14-12-15-34(3)43-20-21-44-40-19-18-38-26-35(22-24-56(38,10)45(40)23-25-57(43,44)11)16-13-17-39(36-27-41(50(64)46(58)29-36)52(66)60-31-48(62)68-54(4,5)6)37-28-42(51(65)47(59)30-37)53(67)61-32-49(63)69-55(7,8)9/h17,27-30,33-35,38,40,43-45,64-65H,12-16,18-26,31-32H2,1-11H3,(H,60,66)(H,61,67)/t34-,35+,38+,40+,43-,44+,45+,56+,57-/m1/s1. The maximum atomic E-state index is 13.6. The lowest BCUT2D eigenvalue weighted by atomic mass is 9.44. The number of phenols is 2. The number of carbonyl (C=O) groups is 4. The van der Waals surface area contributed by atoms with Crippen LogP contribution in [0.15, 0.2) is 30.3 Å². The number of aromatic hydroxyl groups is 2. The minimum absolute atomic E-state index is 0.101. The normalized spacial score (nSPS) is 27.0. The van der Waals surface area contributed by atoms with Crippen LogP contribution in [0.1, 0.15) is 198 Å². The number of hydrogen-bond acceptors (Lipinski definition) is 8. The predicted octanol–water partition coefficient (Wildman–Crippen LogP) is 13.5. The molecule has 4 aliphatic rings. The monoisotopic (exact) mass is 993 g/mol. The molecule has 12 heteroatoms. The zero-order chi connectivity index (χ0) is 50.8. The number of halogens is 2. The van der Waals surface area contributed by atoms with E-state index in [0.717, 1.165) is 48.3 Å². The summed E-state index contributed by atoms with van der Waals surface area (Å²) in [6.45, 7) is 22.1. The molecule has 2 aromatic carbocycles. The molecule has 0 aromatic heterocycles. The van der Waals surface area contributed by atoms with Crippen LogP contribution in [0.5, 0.6) is 11.5 Å². The fourth-order valence-corrected chi connectivity index (χ4v) is 14.0. The lowest BCUT2D eigenvalue weighted by molar-refractivity contribution is -0.154. The number of phenolic OH excluding ortho intramolecular Hbond substituents is 2. The van der Waals surface area contributed by atoms with Gasteiger partial charge in [0.15, 0.2) is 0 Å². The zero-order valence-corrected chi connectivity index (χ0v) is 44.9. The van der Waals surface area contributed by atoms with E-state index >= 15 is 0 Å². The number of ether oxygens (including phenoxy) is 2. The highest BCUT2D eigenvalue weighted by molar-refractivity contribution is 6.33. The van der Waals surface area contributed by atoms with Crippen molar-refractivity contribution >= 4 is 52.5 Å². The molecule has 4 fully saturated rings. The summed E-state index contributed by atoms with van der Waals surface area (Å²) < 4.78 is 10.7. The molecule has 10 nitrogen and oxygen atoms in total. The van der Waals surface area contributed by atoms with Crippen LogP contribution in [0.25, 0.3) is 5.57 Å². The van der Waals surface area contributed by atoms with Crippen LogP contribution in [0.2, 0.25) is 10.0 Å².